The smallest absolute Gasteiger partial charge is 0.255 e. The molecule has 1 saturated heterocycles. The van der Waals surface area contributed by atoms with Crippen LogP contribution in [0.2, 0.25) is 0 Å². The highest BCUT2D eigenvalue weighted by Crippen LogP contribution is 2.24. The Kier molecular flexibility index (Phi) is 6.43. The first kappa shape index (κ1) is 19.0. The van der Waals surface area contributed by atoms with E-state index in [0.29, 0.717) is 19.7 Å². The molecule has 6 heteroatoms. The minimum absolute atomic E-state index is 0.0926. The number of carbonyl (C=O) groups is 1. The molecule has 0 spiro atoms. The van der Waals surface area contributed by atoms with E-state index in [2.05, 4.69) is 9.47 Å². The van der Waals surface area contributed by atoms with Crippen LogP contribution in [-0.4, -0.2) is 78.9 Å². The van der Waals surface area contributed by atoms with Gasteiger partial charge in [-0.15, -0.1) is 0 Å². The number of aliphatic hydroxyl groups is 1. The van der Waals surface area contributed by atoms with Gasteiger partial charge in [-0.2, -0.15) is 0 Å². The average Bonchev–Trinajstić information content (AvgIpc) is 2.85. The van der Waals surface area contributed by atoms with Gasteiger partial charge in [0.1, 0.15) is 0 Å². The van der Waals surface area contributed by atoms with Crippen molar-refractivity contribution in [2.75, 3.05) is 47.5 Å². The SMILES string of the molecule is COCCn1c(C)cc(C(=O)N2CC[C@H](CO)[C@H](N(C)C)C2)c1C. The Hall–Kier alpha value is -1.37. The minimum Gasteiger partial charge on any atom is -0.396 e. The maximum Gasteiger partial charge on any atom is 0.255 e. The van der Waals surface area contributed by atoms with Gasteiger partial charge in [-0.3, -0.25) is 4.79 Å². The molecule has 1 aliphatic heterocycles. The number of amides is 1. The lowest BCUT2D eigenvalue weighted by Gasteiger charge is -2.41. The third kappa shape index (κ3) is 3.82. The van der Waals surface area contributed by atoms with E-state index in [0.717, 1.165) is 29.9 Å². The summed E-state index contributed by atoms with van der Waals surface area (Å²) in [5.74, 6) is 0.327. The zero-order chi connectivity index (χ0) is 17.9. The van der Waals surface area contributed by atoms with E-state index in [4.69, 9.17) is 4.74 Å². The van der Waals surface area contributed by atoms with Crippen LogP contribution in [0.15, 0.2) is 6.07 Å². The van der Waals surface area contributed by atoms with E-state index >= 15 is 0 Å². The molecule has 2 rings (SSSR count). The Bertz CT molecular complexity index is 568. The molecule has 24 heavy (non-hydrogen) atoms. The molecule has 0 bridgehead atoms. The quantitative estimate of drug-likeness (QED) is 0.846. The van der Waals surface area contributed by atoms with Gasteiger partial charge in [-0.25, -0.2) is 0 Å². The largest absolute Gasteiger partial charge is 0.396 e. The number of aromatic nitrogens is 1. The molecule has 0 unspecified atom stereocenters. The molecule has 1 N–H and O–H groups in total. The molecular formula is C18H31N3O3. The van der Waals surface area contributed by atoms with Crippen LogP contribution in [0.3, 0.4) is 0 Å². The number of piperidine rings is 1. The number of likely N-dealkylation sites (N-methyl/N-ethyl adjacent to an activating group) is 1. The van der Waals surface area contributed by atoms with E-state index < -0.39 is 0 Å². The van der Waals surface area contributed by atoms with Gasteiger partial charge in [-0.05, 0) is 40.4 Å². The number of ether oxygens (including phenoxy) is 1. The van der Waals surface area contributed by atoms with E-state index in [1.807, 2.05) is 38.9 Å². The summed E-state index contributed by atoms with van der Waals surface area (Å²) in [5.41, 5.74) is 2.87. The number of rotatable bonds is 6. The van der Waals surface area contributed by atoms with Gasteiger partial charge in [0.15, 0.2) is 0 Å². The second-order valence-corrected chi connectivity index (χ2v) is 6.94. The summed E-state index contributed by atoms with van der Waals surface area (Å²) in [5, 5.41) is 9.57. The number of hydrogen-bond donors (Lipinski definition) is 1. The van der Waals surface area contributed by atoms with Crippen molar-refractivity contribution in [2.24, 2.45) is 5.92 Å². The summed E-state index contributed by atoms with van der Waals surface area (Å²) >= 11 is 0. The van der Waals surface area contributed by atoms with Crippen LogP contribution in [0.5, 0.6) is 0 Å². The fourth-order valence-electron chi connectivity index (χ4n) is 3.68. The summed E-state index contributed by atoms with van der Waals surface area (Å²) in [6, 6.07) is 2.18. The molecule has 1 aliphatic rings. The Labute approximate surface area is 145 Å². The van der Waals surface area contributed by atoms with Crippen LogP contribution >= 0.6 is 0 Å². The molecule has 0 radical (unpaired) electrons. The molecular weight excluding hydrogens is 306 g/mol. The summed E-state index contributed by atoms with van der Waals surface area (Å²) < 4.78 is 7.30. The minimum atomic E-state index is 0.0926. The first-order valence-corrected chi connectivity index (χ1v) is 8.62. The number of methoxy groups -OCH3 is 1. The van der Waals surface area contributed by atoms with E-state index in [9.17, 15) is 9.90 Å². The highest BCUT2D eigenvalue weighted by atomic mass is 16.5. The summed E-state index contributed by atoms with van der Waals surface area (Å²) in [7, 11) is 5.71. The Morgan fingerprint density at radius 1 is 1.42 bits per heavy atom. The first-order valence-electron chi connectivity index (χ1n) is 8.62. The molecule has 136 valence electrons. The lowest BCUT2D eigenvalue weighted by Crippen LogP contribution is -2.53. The predicted octanol–water partition coefficient (Wildman–Crippen LogP) is 1.14. The standard InChI is InChI=1S/C18H31N3O3/c1-13-10-16(14(2)21(13)8-9-24-5)18(23)20-7-6-15(12-22)17(11-20)19(3)4/h10,15,17,22H,6-9,11-12H2,1-5H3/t15-,17-/m1/s1. The zero-order valence-electron chi connectivity index (χ0n) is 15.6. The molecule has 0 aliphatic carbocycles. The van der Waals surface area contributed by atoms with Gasteiger partial charge in [0.05, 0.1) is 12.2 Å². The van der Waals surface area contributed by atoms with Gasteiger partial charge in [-0.1, -0.05) is 0 Å². The third-order valence-electron chi connectivity index (χ3n) is 5.23. The van der Waals surface area contributed by atoms with Crippen molar-refractivity contribution in [3.8, 4) is 0 Å². The lowest BCUT2D eigenvalue weighted by molar-refractivity contribution is 0.0378. The Morgan fingerprint density at radius 2 is 2.12 bits per heavy atom. The molecule has 1 fully saturated rings. The number of nitrogens with zero attached hydrogens (tertiary/aromatic N) is 3. The highest BCUT2D eigenvalue weighted by molar-refractivity contribution is 5.95. The number of hydrogen-bond acceptors (Lipinski definition) is 4. The van der Waals surface area contributed by atoms with Gasteiger partial charge in [0, 0.05) is 56.7 Å². The fourth-order valence-corrected chi connectivity index (χ4v) is 3.68. The van der Waals surface area contributed by atoms with Crippen LogP contribution in [-0.2, 0) is 11.3 Å². The number of likely N-dealkylation sites (tertiary alicyclic amines) is 1. The monoisotopic (exact) mass is 337 g/mol. The predicted molar refractivity (Wildman–Crippen MR) is 94.4 cm³/mol. The van der Waals surface area contributed by atoms with E-state index in [-0.39, 0.29) is 24.5 Å². The summed E-state index contributed by atoms with van der Waals surface area (Å²) in [6.45, 7) is 6.97. The topological polar surface area (TPSA) is 57.9 Å². The van der Waals surface area contributed by atoms with Crippen molar-refractivity contribution >= 4 is 5.91 Å². The van der Waals surface area contributed by atoms with Crippen molar-refractivity contribution in [3.63, 3.8) is 0 Å². The van der Waals surface area contributed by atoms with Gasteiger partial charge in [0.25, 0.3) is 5.91 Å². The Morgan fingerprint density at radius 3 is 2.71 bits per heavy atom. The zero-order valence-corrected chi connectivity index (χ0v) is 15.6. The maximum absolute atomic E-state index is 13.0. The van der Waals surface area contributed by atoms with Crippen molar-refractivity contribution < 1.29 is 14.6 Å². The number of aryl methyl sites for hydroxylation is 1. The van der Waals surface area contributed by atoms with E-state index in [1.165, 1.54) is 0 Å². The number of aliphatic hydroxyl groups excluding tert-OH is 1. The van der Waals surface area contributed by atoms with E-state index in [1.54, 1.807) is 7.11 Å². The lowest BCUT2D eigenvalue weighted by atomic mass is 9.91. The molecule has 2 atom stereocenters. The van der Waals surface area contributed by atoms with Crippen molar-refractivity contribution in [3.05, 3.63) is 23.0 Å². The second kappa shape index (κ2) is 8.14. The average molecular weight is 337 g/mol. The summed E-state index contributed by atoms with van der Waals surface area (Å²) in [4.78, 5) is 17.1. The maximum atomic E-state index is 13.0. The molecule has 1 amide bonds. The normalized spacial score (nSPS) is 21.5. The van der Waals surface area contributed by atoms with Crippen LogP contribution in [0.25, 0.3) is 0 Å². The van der Waals surface area contributed by atoms with Crippen LogP contribution in [0.4, 0.5) is 0 Å². The first-order chi connectivity index (χ1) is 11.4. The Balaban J connectivity index is 2.17. The van der Waals surface area contributed by atoms with Crippen LogP contribution < -0.4 is 0 Å². The van der Waals surface area contributed by atoms with Gasteiger partial charge < -0.3 is 24.2 Å². The molecule has 0 saturated carbocycles. The van der Waals surface area contributed by atoms with Crippen LogP contribution in [0.1, 0.15) is 28.2 Å². The third-order valence-corrected chi connectivity index (χ3v) is 5.23. The molecule has 1 aromatic rings. The van der Waals surface area contributed by atoms with Crippen molar-refractivity contribution in [1.82, 2.24) is 14.4 Å². The highest BCUT2D eigenvalue weighted by Gasteiger charge is 2.33. The van der Waals surface area contributed by atoms with Gasteiger partial charge >= 0.3 is 0 Å². The second-order valence-electron chi connectivity index (χ2n) is 6.94. The molecule has 6 nitrogen and oxygen atoms in total. The number of carbonyl (C=O) groups excluding carboxylic acids is 1. The van der Waals surface area contributed by atoms with Crippen LogP contribution in [0, 0.1) is 19.8 Å². The molecule has 0 aromatic carbocycles. The van der Waals surface area contributed by atoms with Gasteiger partial charge in [0.2, 0.25) is 0 Å². The van der Waals surface area contributed by atoms with Crippen molar-refractivity contribution in [2.45, 2.75) is 32.9 Å². The van der Waals surface area contributed by atoms with Crippen molar-refractivity contribution in [1.29, 1.82) is 0 Å². The molecule has 1 aromatic heterocycles. The summed E-state index contributed by atoms with van der Waals surface area (Å²) in [6.07, 6.45) is 0.841. The fraction of sp³-hybridized carbons (Fsp3) is 0.722. The molecule has 2 heterocycles.